The minimum absolute atomic E-state index is 0.629. The van der Waals surface area contributed by atoms with Crippen LogP contribution in [-0.2, 0) is 0 Å². The molecule has 0 spiro atoms. The van der Waals surface area contributed by atoms with Gasteiger partial charge in [-0.3, -0.25) is 0 Å². The molecule has 3 heteroatoms. The number of halogens is 1. The number of alkyl halides is 1. The first-order valence-electron chi connectivity index (χ1n) is 4.63. The maximum Gasteiger partial charge on any atom is 0.0238 e. The zero-order chi connectivity index (χ0) is 9.23. The van der Waals surface area contributed by atoms with Crippen molar-refractivity contribution in [3.05, 3.63) is 0 Å². The maximum absolute atomic E-state index is 5.67. The first-order chi connectivity index (χ1) is 5.85. The minimum Gasteiger partial charge on any atom is -0.314 e. The van der Waals surface area contributed by atoms with Crippen LogP contribution in [0.2, 0.25) is 0 Å². The third-order valence-electron chi connectivity index (χ3n) is 1.91. The number of rotatable bonds is 8. The summed E-state index contributed by atoms with van der Waals surface area (Å²) in [6.45, 7) is 3.34. The zero-order valence-corrected chi connectivity index (χ0v) is 9.68. The maximum atomic E-state index is 5.67. The number of hydrogen-bond donors (Lipinski definition) is 1. The highest BCUT2D eigenvalue weighted by Gasteiger charge is 2.02. The standard InChI is InChI=1S/C9H20ClNS/c1-3-9(5-6-10)11-7-4-8-12-2/h9,11H,3-8H2,1-2H3. The van der Waals surface area contributed by atoms with Crippen molar-refractivity contribution in [3.8, 4) is 0 Å². The molecular formula is C9H20ClNS. The lowest BCUT2D eigenvalue weighted by Gasteiger charge is -2.14. The van der Waals surface area contributed by atoms with Crippen LogP contribution in [-0.4, -0.2) is 30.5 Å². The molecule has 1 unspecified atom stereocenters. The summed E-state index contributed by atoms with van der Waals surface area (Å²) >= 11 is 7.58. The molecule has 0 saturated heterocycles. The topological polar surface area (TPSA) is 12.0 Å². The Bertz CT molecular complexity index is 90.6. The molecule has 0 aromatic rings. The van der Waals surface area contributed by atoms with E-state index in [1.165, 1.54) is 18.6 Å². The molecule has 0 rings (SSSR count). The fraction of sp³-hybridized carbons (Fsp3) is 1.00. The van der Waals surface area contributed by atoms with Gasteiger partial charge < -0.3 is 5.32 Å². The molecule has 0 fully saturated rings. The van der Waals surface area contributed by atoms with Gasteiger partial charge in [-0.2, -0.15) is 11.8 Å². The summed E-state index contributed by atoms with van der Waals surface area (Å²) in [6.07, 6.45) is 5.69. The van der Waals surface area contributed by atoms with Gasteiger partial charge in [0, 0.05) is 11.9 Å². The van der Waals surface area contributed by atoms with E-state index in [0.29, 0.717) is 6.04 Å². The summed E-state index contributed by atoms with van der Waals surface area (Å²) in [5.41, 5.74) is 0. The van der Waals surface area contributed by atoms with E-state index in [1.807, 2.05) is 11.8 Å². The summed E-state index contributed by atoms with van der Waals surface area (Å²) in [5, 5.41) is 3.51. The SMILES string of the molecule is CCC(CCCl)NCCCSC. The van der Waals surface area contributed by atoms with E-state index in [2.05, 4.69) is 18.5 Å². The molecule has 74 valence electrons. The Morgan fingerprint density at radius 2 is 2.25 bits per heavy atom. The Hall–Kier alpha value is 0.600. The van der Waals surface area contributed by atoms with E-state index in [-0.39, 0.29) is 0 Å². The molecule has 1 nitrogen and oxygen atoms in total. The van der Waals surface area contributed by atoms with E-state index < -0.39 is 0 Å². The van der Waals surface area contributed by atoms with Gasteiger partial charge in [0.1, 0.15) is 0 Å². The lowest BCUT2D eigenvalue weighted by molar-refractivity contribution is 0.488. The number of nitrogens with one attached hydrogen (secondary N) is 1. The van der Waals surface area contributed by atoms with Crippen LogP contribution in [0.4, 0.5) is 0 Å². The third kappa shape index (κ3) is 7.26. The van der Waals surface area contributed by atoms with E-state index in [0.717, 1.165) is 18.8 Å². The van der Waals surface area contributed by atoms with E-state index in [4.69, 9.17) is 11.6 Å². The second-order valence-electron chi connectivity index (χ2n) is 2.88. The first kappa shape index (κ1) is 12.6. The van der Waals surface area contributed by atoms with E-state index >= 15 is 0 Å². The van der Waals surface area contributed by atoms with Crippen molar-refractivity contribution in [1.82, 2.24) is 5.32 Å². The molecule has 0 aliphatic rings. The quantitative estimate of drug-likeness (QED) is 0.488. The number of hydrogen-bond acceptors (Lipinski definition) is 2. The van der Waals surface area contributed by atoms with Crippen molar-refractivity contribution < 1.29 is 0 Å². The van der Waals surface area contributed by atoms with Crippen LogP contribution in [0, 0.1) is 0 Å². The molecule has 0 amide bonds. The molecule has 0 heterocycles. The van der Waals surface area contributed by atoms with Crippen molar-refractivity contribution in [1.29, 1.82) is 0 Å². The van der Waals surface area contributed by atoms with Crippen LogP contribution < -0.4 is 5.32 Å². The lowest BCUT2D eigenvalue weighted by Crippen LogP contribution is -2.29. The van der Waals surface area contributed by atoms with Crippen molar-refractivity contribution in [2.24, 2.45) is 0 Å². The third-order valence-corrected chi connectivity index (χ3v) is 2.82. The van der Waals surface area contributed by atoms with Crippen molar-refractivity contribution in [2.45, 2.75) is 32.2 Å². The van der Waals surface area contributed by atoms with Crippen LogP contribution in [0.25, 0.3) is 0 Å². The number of thioether (sulfide) groups is 1. The molecule has 0 bridgehead atoms. The van der Waals surface area contributed by atoms with Crippen molar-refractivity contribution in [3.63, 3.8) is 0 Å². The summed E-state index contributed by atoms with van der Waals surface area (Å²) in [4.78, 5) is 0. The molecule has 0 aliphatic carbocycles. The molecular weight excluding hydrogens is 190 g/mol. The highest BCUT2D eigenvalue weighted by molar-refractivity contribution is 7.98. The lowest BCUT2D eigenvalue weighted by atomic mass is 10.2. The van der Waals surface area contributed by atoms with Crippen molar-refractivity contribution in [2.75, 3.05) is 24.4 Å². The second-order valence-corrected chi connectivity index (χ2v) is 4.25. The molecule has 0 radical (unpaired) electrons. The van der Waals surface area contributed by atoms with Crippen LogP contribution in [0.15, 0.2) is 0 Å². The highest BCUT2D eigenvalue weighted by Crippen LogP contribution is 2.00. The van der Waals surface area contributed by atoms with Gasteiger partial charge in [0.2, 0.25) is 0 Å². The molecule has 0 aromatic heterocycles. The molecule has 0 aliphatic heterocycles. The summed E-state index contributed by atoms with van der Waals surface area (Å²) in [5.74, 6) is 2.03. The monoisotopic (exact) mass is 209 g/mol. The molecule has 0 aromatic carbocycles. The Balaban J connectivity index is 3.19. The van der Waals surface area contributed by atoms with Gasteiger partial charge in [-0.1, -0.05) is 6.92 Å². The summed E-state index contributed by atoms with van der Waals surface area (Å²) < 4.78 is 0. The van der Waals surface area contributed by atoms with E-state index in [1.54, 1.807) is 0 Å². The van der Waals surface area contributed by atoms with Crippen LogP contribution in [0.5, 0.6) is 0 Å². The average molecular weight is 210 g/mol. The minimum atomic E-state index is 0.629. The van der Waals surface area contributed by atoms with Crippen LogP contribution >= 0.6 is 23.4 Å². The smallest absolute Gasteiger partial charge is 0.0238 e. The zero-order valence-electron chi connectivity index (χ0n) is 8.11. The fourth-order valence-electron chi connectivity index (χ4n) is 1.10. The average Bonchev–Trinajstić information content (AvgIpc) is 2.10. The predicted octanol–water partition coefficient (Wildman–Crippen LogP) is 2.74. The van der Waals surface area contributed by atoms with Gasteiger partial charge in [-0.25, -0.2) is 0 Å². The van der Waals surface area contributed by atoms with Gasteiger partial charge in [0.05, 0.1) is 0 Å². The van der Waals surface area contributed by atoms with Gasteiger partial charge in [-0.05, 0) is 37.8 Å². The van der Waals surface area contributed by atoms with Gasteiger partial charge in [0.25, 0.3) is 0 Å². The molecule has 12 heavy (non-hydrogen) atoms. The second kappa shape index (κ2) is 9.69. The van der Waals surface area contributed by atoms with Crippen LogP contribution in [0.1, 0.15) is 26.2 Å². The normalized spacial score (nSPS) is 13.2. The predicted molar refractivity (Wildman–Crippen MR) is 60.4 cm³/mol. The summed E-state index contributed by atoms with van der Waals surface area (Å²) in [6, 6.07) is 0.629. The van der Waals surface area contributed by atoms with Crippen LogP contribution in [0.3, 0.4) is 0 Å². The Kier molecular flexibility index (Phi) is 10.2. The first-order valence-corrected chi connectivity index (χ1v) is 6.56. The fourth-order valence-corrected chi connectivity index (χ4v) is 1.80. The highest BCUT2D eigenvalue weighted by atomic mass is 35.5. The molecule has 1 N–H and O–H groups in total. The van der Waals surface area contributed by atoms with E-state index in [9.17, 15) is 0 Å². The van der Waals surface area contributed by atoms with Crippen molar-refractivity contribution >= 4 is 23.4 Å². The Morgan fingerprint density at radius 1 is 1.50 bits per heavy atom. The summed E-state index contributed by atoms with van der Waals surface area (Å²) in [7, 11) is 0. The Morgan fingerprint density at radius 3 is 2.75 bits per heavy atom. The largest absolute Gasteiger partial charge is 0.314 e. The van der Waals surface area contributed by atoms with Gasteiger partial charge in [-0.15, -0.1) is 11.6 Å². The Labute approximate surface area is 85.6 Å². The molecule has 0 saturated carbocycles. The van der Waals surface area contributed by atoms with Gasteiger partial charge in [0.15, 0.2) is 0 Å². The van der Waals surface area contributed by atoms with Gasteiger partial charge >= 0.3 is 0 Å². The molecule has 1 atom stereocenters.